The molecule has 1 heterocycles. The summed E-state index contributed by atoms with van der Waals surface area (Å²) in [6.45, 7) is 4.19. The van der Waals surface area contributed by atoms with E-state index >= 15 is 0 Å². The van der Waals surface area contributed by atoms with Crippen LogP contribution >= 0.6 is 11.6 Å². The van der Waals surface area contributed by atoms with Crippen LogP contribution < -0.4 is 11.0 Å². The van der Waals surface area contributed by atoms with Crippen LogP contribution in [0.15, 0.2) is 29.1 Å². The minimum absolute atomic E-state index is 0.0506. The van der Waals surface area contributed by atoms with Crippen LogP contribution in [0.4, 0.5) is 0 Å². The largest absolute Gasteiger partial charge is 0.355 e. The number of aromatic amines is 2. The Morgan fingerprint density at radius 3 is 2.82 bits per heavy atom. The predicted octanol–water partition coefficient (Wildman–Crippen LogP) is 1.68. The van der Waals surface area contributed by atoms with E-state index in [1.807, 2.05) is 38.1 Å². The van der Waals surface area contributed by atoms with Crippen molar-refractivity contribution in [2.75, 3.05) is 6.54 Å². The van der Waals surface area contributed by atoms with Gasteiger partial charge in [-0.15, -0.1) is 0 Å². The van der Waals surface area contributed by atoms with Crippen molar-refractivity contribution in [3.63, 3.8) is 0 Å². The Bertz CT molecular complexity index is 705. The molecular weight excluding hydrogens is 304 g/mol. The second-order valence-corrected chi connectivity index (χ2v) is 6.26. The fraction of sp³-hybridized carbons (Fsp3) is 0.400. The number of hydrogen-bond acceptors (Lipinski definition) is 3. The van der Waals surface area contributed by atoms with Gasteiger partial charge >= 0.3 is 5.69 Å². The van der Waals surface area contributed by atoms with E-state index in [4.69, 9.17) is 11.6 Å². The van der Waals surface area contributed by atoms with Gasteiger partial charge in [0.05, 0.1) is 0 Å². The molecule has 1 amide bonds. The maximum absolute atomic E-state index is 12.3. The molecule has 6 nitrogen and oxygen atoms in total. The van der Waals surface area contributed by atoms with Crippen LogP contribution in [-0.2, 0) is 17.6 Å². The molecule has 0 bridgehead atoms. The van der Waals surface area contributed by atoms with Crippen molar-refractivity contribution in [3.05, 3.63) is 51.2 Å². The van der Waals surface area contributed by atoms with E-state index in [0.29, 0.717) is 30.2 Å². The number of nitrogens with zero attached hydrogens (tertiary/aromatic N) is 1. The quantitative estimate of drug-likeness (QED) is 0.755. The smallest absolute Gasteiger partial charge is 0.340 e. The maximum atomic E-state index is 12.3. The van der Waals surface area contributed by atoms with Crippen LogP contribution in [0, 0.1) is 5.41 Å². The van der Waals surface area contributed by atoms with Gasteiger partial charge in [-0.25, -0.2) is 9.89 Å². The van der Waals surface area contributed by atoms with Gasteiger partial charge in [-0.05, 0) is 24.1 Å². The Kier molecular flexibility index (Phi) is 5.03. The highest BCUT2D eigenvalue weighted by Crippen LogP contribution is 2.23. The number of benzene rings is 1. The third-order valence-electron chi connectivity index (χ3n) is 3.35. The van der Waals surface area contributed by atoms with E-state index in [1.165, 1.54) is 0 Å². The van der Waals surface area contributed by atoms with Crippen molar-refractivity contribution in [2.24, 2.45) is 5.41 Å². The Labute approximate surface area is 133 Å². The molecule has 7 heteroatoms. The highest BCUT2D eigenvalue weighted by molar-refractivity contribution is 6.30. The van der Waals surface area contributed by atoms with E-state index < -0.39 is 5.41 Å². The molecule has 0 saturated carbocycles. The summed E-state index contributed by atoms with van der Waals surface area (Å²) in [6, 6.07) is 7.50. The second-order valence-electron chi connectivity index (χ2n) is 5.82. The predicted molar refractivity (Wildman–Crippen MR) is 84.9 cm³/mol. The third kappa shape index (κ3) is 4.46. The Morgan fingerprint density at radius 1 is 1.41 bits per heavy atom. The number of carbonyl (C=O) groups is 1. The molecule has 118 valence electrons. The lowest BCUT2D eigenvalue weighted by molar-refractivity contribution is -0.129. The minimum Gasteiger partial charge on any atom is -0.355 e. The number of halogens is 1. The molecule has 0 unspecified atom stereocenters. The van der Waals surface area contributed by atoms with Crippen molar-refractivity contribution in [1.82, 2.24) is 20.5 Å². The van der Waals surface area contributed by atoms with E-state index in [0.717, 1.165) is 5.56 Å². The van der Waals surface area contributed by atoms with E-state index in [1.54, 1.807) is 0 Å². The zero-order valence-corrected chi connectivity index (χ0v) is 13.3. The highest BCUT2D eigenvalue weighted by atomic mass is 35.5. The first-order chi connectivity index (χ1) is 10.4. The second kappa shape index (κ2) is 6.79. The fourth-order valence-corrected chi connectivity index (χ4v) is 2.41. The molecule has 0 radical (unpaired) electrons. The van der Waals surface area contributed by atoms with Gasteiger partial charge in [0.1, 0.15) is 5.82 Å². The van der Waals surface area contributed by atoms with Crippen molar-refractivity contribution >= 4 is 17.5 Å². The van der Waals surface area contributed by atoms with Gasteiger partial charge in [-0.1, -0.05) is 37.6 Å². The summed E-state index contributed by atoms with van der Waals surface area (Å²) in [5.41, 5.74) is 0.121. The zero-order valence-electron chi connectivity index (χ0n) is 12.6. The number of H-pyrrole nitrogens is 2. The first-order valence-corrected chi connectivity index (χ1v) is 7.41. The molecule has 0 fully saturated rings. The number of hydrogen-bond donors (Lipinski definition) is 3. The fourth-order valence-electron chi connectivity index (χ4n) is 2.19. The van der Waals surface area contributed by atoms with Gasteiger partial charge in [0, 0.05) is 23.4 Å². The Morgan fingerprint density at radius 2 is 2.18 bits per heavy atom. The van der Waals surface area contributed by atoms with Gasteiger partial charge in [0.25, 0.3) is 0 Å². The molecule has 0 aliphatic rings. The zero-order chi connectivity index (χ0) is 16.2. The van der Waals surface area contributed by atoms with Gasteiger partial charge in [-0.2, -0.15) is 5.10 Å². The van der Waals surface area contributed by atoms with Crippen LogP contribution in [0.2, 0.25) is 5.02 Å². The highest BCUT2D eigenvalue weighted by Gasteiger charge is 2.27. The SMILES string of the molecule is CC(C)(Cc1cccc(Cl)c1)C(=O)NCCc1n[nH]c(=O)[nH]1. The lowest BCUT2D eigenvalue weighted by Crippen LogP contribution is -2.39. The molecule has 0 aliphatic carbocycles. The maximum Gasteiger partial charge on any atom is 0.340 e. The number of amides is 1. The van der Waals surface area contributed by atoms with Crippen molar-refractivity contribution in [1.29, 1.82) is 0 Å². The minimum atomic E-state index is -0.552. The van der Waals surface area contributed by atoms with E-state index in [-0.39, 0.29) is 11.6 Å². The molecule has 0 aliphatic heterocycles. The molecule has 3 N–H and O–H groups in total. The molecule has 1 aromatic heterocycles. The van der Waals surface area contributed by atoms with Crippen molar-refractivity contribution in [2.45, 2.75) is 26.7 Å². The lowest BCUT2D eigenvalue weighted by Gasteiger charge is -2.23. The van der Waals surface area contributed by atoms with Crippen LogP contribution in [0.5, 0.6) is 0 Å². The van der Waals surface area contributed by atoms with E-state index in [2.05, 4.69) is 20.5 Å². The average Bonchev–Trinajstić information content (AvgIpc) is 2.84. The molecule has 0 spiro atoms. The molecular formula is C15H19ClN4O2. The van der Waals surface area contributed by atoms with Gasteiger partial charge < -0.3 is 5.32 Å². The van der Waals surface area contributed by atoms with Crippen LogP contribution in [0.25, 0.3) is 0 Å². The summed E-state index contributed by atoms with van der Waals surface area (Å²) < 4.78 is 0. The summed E-state index contributed by atoms with van der Waals surface area (Å²) in [5.74, 6) is 0.475. The molecule has 2 rings (SSSR count). The Balaban J connectivity index is 1.88. The van der Waals surface area contributed by atoms with Crippen LogP contribution in [0.1, 0.15) is 25.2 Å². The van der Waals surface area contributed by atoms with Crippen molar-refractivity contribution in [3.8, 4) is 0 Å². The molecule has 0 saturated heterocycles. The Hall–Kier alpha value is -2.08. The standard InChI is InChI=1S/C15H19ClN4O2/c1-15(2,9-10-4-3-5-11(16)8-10)13(21)17-7-6-12-18-14(22)20-19-12/h3-5,8H,6-7,9H2,1-2H3,(H,17,21)(H2,18,19,20,22). The van der Waals surface area contributed by atoms with Gasteiger partial charge in [0.2, 0.25) is 5.91 Å². The monoisotopic (exact) mass is 322 g/mol. The summed E-state index contributed by atoms with van der Waals surface area (Å²) >= 11 is 5.97. The van der Waals surface area contributed by atoms with Crippen LogP contribution in [-0.4, -0.2) is 27.6 Å². The first-order valence-electron chi connectivity index (χ1n) is 7.03. The summed E-state index contributed by atoms with van der Waals surface area (Å²) in [5, 5.41) is 9.61. The molecule has 1 aromatic carbocycles. The van der Waals surface area contributed by atoms with Gasteiger partial charge in [-0.3, -0.25) is 9.78 Å². The average molecular weight is 323 g/mol. The number of carbonyl (C=O) groups excluding carboxylic acids is 1. The number of nitrogens with one attached hydrogen (secondary N) is 3. The third-order valence-corrected chi connectivity index (χ3v) is 3.58. The number of aromatic nitrogens is 3. The lowest BCUT2D eigenvalue weighted by atomic mass is 9.85. The first kappa shape index (κ1) is 16.3. The number of rotatable bonds is 6. The topological polar surface area (TPSA) is 90.6 Å². The van der Waals surface area contributed by atoms with E-state index in [9.17, 15) is 9.59 Å². The normalized spacial score (nSPS) is 11.4. The molecule has 22 heavy (non-hydrogen) atoms. The van der Waals surface area contributed by atoms with Gasteiger partial charge in [0.15, 0.2) is 0 Å². The summed E-state index contributed by atoms with van der Waals surface area (Å²) in [4.78, 5) is 25.8. The summed E-state index contributed by atoms with van der Waals surface area (Å²) in [6.07, 6.45) is 1.07. The summed E-state index contributed by atoms with van der Waals surface area (Å²) in [7, 11) is 0. The molecule has 0 atom stereocenters. The van der Waals surface area contributed by atoms with Crippen LogP contribution in [0.3, 0.4) is 0 Å². The molecule has 2 aromatic rings. The van der Waals surface area contributed by atoms with Crippen molar-refractivity contribution < 1.29 is 4.79 Å².